The predicted molar refractivity (Wildman–Crippen MR) is 107 cm³/mol. The number of urea groups is 1. The highest BCUT2D eigenvalue weighted by molar-refractivity contribution is 6.09. The van der Waals surface area contributed by atoms with Gasteiger partial charge in [0, 0.05) is 5.69 Å². The number of amides is 3. The summed E-state index contributed by atoms with van der Waals surface area (Å²) in [6, 6.07) is 18.7. The standard InChI is InChI=1S/C21H17N3O4/c1-27-18-8-4-2-6-15(18)24-21(26)22-13-10-11-17-14(12-13)20(25)23-16-7-3-5-9-19(16)28-17/h2-12H,1H3,(H,23,25)(H2,22,24,26). The van der Waals surface area contributed by atoms with Gasteiger partial charge < -0.3 is 25.4 Å². The summed E-state index contributed by atoms with van der Waals surface area (Å²) in [7, 11) is 1.53. The minimum atomic E-state index is -0.456. The van der Waals surface area contributed by atoms with Crippen LogP contribution in [0.25, 0.3) is 0 Å². The van der Waals surface area contributed by atoms with E-state index in [1.165, 1.54) is 7.11 Å². The quantitative estimate of drug-likeness (QED) is 0.619. The van der Waals surface area contributed by atoms with Crippen LogP contribution in [0.1, 0.15) is 10.4 Å². The second kappa shape index (κ2) is 7.32. The molecule has 3 amide bonds. The Morgan fingerprint density at radius 2 is 1.75 bits per heavy atom. The molecule has 1 aliphatic rings. The fourth-order valence-electron chi connectivity index (χ4n) is 2.87. The summed E-state index contributed by atoms with van der Waals surface area (Å²) in [5.41, 5.74) is 1.91. The Bertz CT molecular complexity index is 1070. The molecule has 0 unspecified atom stereocenters. The molecule has 3 aromatic rings. The van der Waals surface area contributed by atoms with E-state index in [2.05, 4.69) is 16.0 Å². The minimum absolute atomic E-state index is 0.311. The largest absolute Gasteiger partial charge is 0.495 e. The van der Waals surface area contributed by atoms with Crippen molar-refractivity contribution in [2.75, 3.05) is 23.1 Å². The highest BCUT2D eigenvalue weighted by Gasteiger charge is 2.21. The van der Waals surface area contributed by atoms with E-state index < -0.39 is 6.03 Å². The molecular weight excluding hydrogens is 358 g/mol. The summed E-state index contributed by atoms with van der Waals surface area (Å²) >= 11 is 0. The van der Waals surface area contributed by atoms with E-state index >= 15 is 0 Å². The molecule has 0 fully saturated rings. The first-order valence-corrected chi connectivity index (χ1v) is 8.57. The van der Waals surface area contributed by atoms with E-state index in [1.54, 1.807) is 48.5 Å². The molecule has 0 aromatic heterocycles. The summed E-state index contributed by atoms with van der Waals surface area (Å²) in [4.78, 5) is 24.9. The molecule has 0 atom stereocenters. The van der Waals surface area contributed by atoms with Crippen LogP contribution in [0.5, 0.6) is 17.2 Å². The molecule has 0 saturated carbocycles. The summed E-state index contributed by atoms with van der Waals surface area (Å²) < 4.78 is 11.0. The van der Waals surface area contributed by atoms with Gasteiger partial charge in [-0.1, -0.05) is 24.3 Å². The molecule has 0 spiro atoms. The molecule has 7 nitrogen and oxygen atoms in total. The number of anilines is 3. The molecule has 1 aliphatic heterocycles. The molecular formula is C21H17N3O4. The maximum atomic E-state index is 12.5. The van der Waals surface area contributed by atoms with Crippen LogP contribution >= 0.6 is 0 Å². The first-order chi connectivity index (χ1) is 13.6. The number of methoxy groups -OCH3 is 1. The lowest BCUT2D eigenvalue weighted by atomic mass is 10.1. The van der Waals surface area contributed by atoms with Crippen molar-refractivity contribution >= 4 is 29.0 Å². The van der Waals surface area contributed by atoms with E-state index in [0.29, 0.717) is 39.9 Å². The monoisotopic (exact) mass is 375 g/mol. The SMILES string of the molecule is COc1ccccc1NC(=O)Nc1ccc2c(c1)C(=O)Nc1ccccc1O2. The van der Waals surface area contributed by atoms with Gasteiger partial charge in [0.05, 0.1) is 24.0 Å². The lowest BCUT2D eigenvalue weighted by molar-refractivity contribution is 0.102. The molecule has 0 saturated heterocycles. The smallest absolute Gasteiger partial charge is 0.323 e. The third kappa shape index (κ3) is 3.45. The first-order valence-electron chi connectivity index (χ1n) is 8.57. The van der Waals surface area contributed by atoms with Crippen LogP contribution in [0.15, 0.2) is 66.7 Å². The molecule has 0 bridgehead atoms. The average molecular weight is 375 g/mol. The van der Waals surface area contributed by atoms with Crippen LogP contribution in [0.2, 0.25) is 0 Å². The van der Waals surface area contributed by atoms with Crippen LogP contribution in [-0.4, -0.2) is 19.0 Å². The predicted octanol–water partition coefficient (Wildman–Crippen LogP) is 4.70. The maximum Gasteiger partial charge on any atom is 0.323 e. The van der Waals surface area contributed by atoms with Crippen LogP contribution in [0.3, 0.4) is 0 Å². The van der Waals surface area contributed by atoms with Crippen molar-refractivity contribution in [3.05, 3.63) is 72.3 Å². The molecule has 3 N–H and O–H groups in total. The molecule has 4 rings (SSSR count). The molecule has 7 heteroatoms. The summed E-state index contributed by atoms with van der Waals surface area (Å²) in [6.45, 7) is 0. The molecule has 0 radical (unpaired) electrons. The number of carbonyl (C=O) groups excluding carboxylic acids is 2. The number of nitrogens with one attached hydrogen (secondary N) is 3. The third-order valence-electron chi connectivity index (χ3n) is 4.19. The lowest BCUT2D eigenvalue weighted by Gasteiger charge is -2.12. The Morgan fingerprint density at radius 3 is 2.61 bits per heavy atom. The van der Waals surface area contributed by atoms with Crippen molar-refractivity contribution in [1.29, 1.82) is 0 Å². The number of carbonyl (C=O) groups is 2. The highest BCUT2D eigenvalue weighted by Crippen LogP contribution is 2.36. The average Bonchev–Trinajstić information content (AvgIpc) is 2.84. The van der Waals surface area contributed by atoms with Crippen LogP contribution in [0.4, 0.5) is 21.9 Å². The van der Waals surface area contributed by atoms with Crippen molar-refractivity contribution in [1.82, 2.24) is 0 Å². The van der Waals surface area contributed by atoms with Crippen LogP contribution < -0.4 is 25.4 Å². The second-order valence-corrected chi connectivity index (χ2v) is 6.04. The Labute approximate surface area is 161 Å². The van der Waals surface area contributed by atoms with Gasteiger partial charge in [-0.25, -0.2) is 4.79 Å². The van der Waals surface area contributed by atoms with Crippen molar-refractivity contribution in [2.45, 2.75) is 0 Å². The number of fused-ring (bicyclic) bond motifs is 2. The summed E-state index contributed by atoms with van der Waals surface area (Å²) in [5, 5.41) is 8.24. The number of ether oxygens (including phenoxy) is 2. The first kappa shape index (κ1) is 17.4. The van der Waals surface area contributed by atoms with E-state index in [1.807, 2.05) is 18.2 Å². The Morgan fingerprint density at radius 1 is 0.964 bits per heavy atom. The van der Waals surface area contributed by atoms with Gasteiger partial charge >= 0.3 is 6.03 Å². The van der Waals surface area contributed by atoms with Crippen LogP contribution in [-0.2, 0) is 0 Å². The molecule has 140 valence electrons. The minimum Gasteiger partial charge on any atom is -0.495 e. The van der Waals surface area contributed by atoms with Gasteiger partial charge in [0.15, 0.2) is 5.75 Å². The van der Waals surface area contributed by atoms with Crippen molar-refractivity contribution in [2.24, 2.45) is 0 Å². The molecule has 1 heterocycles. The van der Waals surface area contributed by atoms with Gasteiger partial charge in [0.25, 0.3) is 5.91 Å². The number of hydrogen-bond acceptors (Lipinski definition) is 4. The summed E-state index contributed by atoms with van der Waals surface area (Å²) in [6.07, 6.45) is 0. The fourth-order valence-corrected chi connectivity index (χ4v) is 2.87. The van der Waals surface area contributed by atoms with Crippen molar-refractivity contribution in [3.63, 3.8) is 0 Å². The Kier molecular flexibility index (Phi) is 4.55. The van der Waals surface area contributed by atoms with Gasteiger partial charge in [-0.2, -0.15) is 0 Å². The lowest BCUT2D eigenvalue weighted by Crippen LogP contribution is -2.20. The van der Waals surface area contributed by atoms with Gasteiger partial charge in [-0.05, 0) is 42.5 Å². The van der Waals surface area contributed by atoms with Gasteiger partial charge in [0.2, 0.25) is 0 Å². The van der Waals surface area contributed by atoms with Crippen molar-refractivity contribution < 1.29 is 19.1 Å². The van der Waals surface area contributed by atoms with Crippen LogP contribution in [0, 0.1) is 0 Å². The van der Waals surface area contributed by atoms with E-state index in [0.717, 1.165) is 0 Å². The van der Waals surface area contributed by atoms with Crippen molar-refractivity contribution in [3.8, 4) is 17.2 Å². The van der Waals surface area contributed by atoms with E-state index in [-0.39, 0.29) is 5.91 Å². The van der Waals surface area contributed by atoms with E-state index in [9.17, 15) is 9.59 Å². The van der Waals surface area contributed by atoms with Gasteiger partial charge in [0.1, 0.15) is 11.5 Å². The van der Waals surface area contributed by atoms with E-state index in [4.69, 9.17) is 9.47 Å². The molecule has 3 aromatic carbocycles. The number of benzene rings is 3. The fraction of sp³-hybridized carbons (Fsp3) is 0.0476. The second-order valence-electron chi connectivity index (χ2n) is 6.04. The Balaban J connectivity index is 1.54. The number of rotatable bonds is 3. The highest BCUT2D eigenvalue weighted by atomic mass is 16.5. The maximum absolute atomic E-state index is 12.5. The third-order valence-corrected chi connectivity index (χ3v) is 4.19. The van der Waals surface area contributed by atoms with Gasteiger partial charge in [-0.15, -0.1) is 0 Å². The zero-order valence-corrected chi connectivity index (χ0v) is 15.0. The number of para-hydroxylation sites is 4. The zero-order valence-electron chi connectivity index (χ0n) is 15.0. The molecule has 0 aliphatic carbocycles. The zero-order chi connectivity index (χ0) is 19.5. The van der Waals surface area contributed by atoms with Gasteiger partial charge in [-0.3, -0.25) is 4.79 Å². The number of hydrogen-bond donors (Lipinski definition) is 3. The summed E-state index contributed by atoms with van der Waals surface area (Å²) in [5.74, 6) is 1.21. The normalized spacial score (nSPS) is 11.8. The Hall–Kier alpha value is -4.00. The molecule has 28 heavy (non-hydrogen) atoms. The topological polar surface area (TPSA) is 88.7 Å².